The zero-order chi connectivity index (χ0) is 30.9. The van der Waals surface area contributed by atoms with Gasteiger partial charge in [0.2, 0.25) is 21.8 Å². The average Bonchev–Trinajstić information content (AvgIpc) is 2.95. The lowest BCUT2D eigenvalue weighted by atomic mass is 10.0. The number of benzene rings is 3. The van der Waals surface area contributed by atoms with Gasteiger partial charge in [0.05, 0.1) is 17.0 Å². The second-order valence-corrected chi connectivity index (χ2v) is 13.0. The molecule has 226 valence electrons. The predicted molar refractivity (Wildman–Crippen MR) is 167 cm³/mol. The van der Waals surface area contributed by atoms with E-state index >= 15 is 0 Å². The van der Waals surface area contributed by atoms with E-state index < -0.39 is 21.9 Å². The first-order chi connectivity index (χ1) is 19.9. The Morgan fingerprint density at radius 3 is 2.26 bits per heavy atom. The van der Waals surface area contributed by atoms with Gasteiger partial charge in [0.25, 0.3) is 0 Å². The fraction of sp³-hybridized carbons (Fsp3) is 0.355. The summed E-state index contributed by atoms with van der Waals surface area (Å²) in [5, 5.41) is 3.53. The molecule has 0 aromatic heterocycles. The number of rotatable bonds is 14. The third-order valence-electron chi connectivity index (χ3n) is 6.87. The van der Waals surface area contributed by atoms with Gasteiger partial charge in [-0.05, 0) is 61.2 Å². The largest absolute Gasteiger partial charge is 0.352 e. The van der Waals surface area contributed by atoms with Crippen LogP contribution < -0.4 is 9.62 Å². The summed E-state index contributed by atoms with van der Waals surface area (Å²) in [6.07, 6.45) is 2.14. The quantitative estimate of drug-likeness (QED) is 0.227. The van der Waals surface area contributed by atoms with E-state index in [9.17, 15) is 22.4 Å². The first-order valence-electron chi connectivity index (χ1n) is 13.7. The normalized spacial score (nSPS) is 12.8. The number of nitrogens with zero attached hydrogens (tertiary/aromatic N) is 2. The second-order valence-electron chi connectivity index (χ2n) is 10.2. The van der Waals surface area contributed by atoms with Gasteiger partial charge in [-0.3, -0.25) is 13.9 Å². The first kappa shape index (κ1) is 33.4. The van der Waals surface area contributed by atoms with E-state index in [-0.39, 0.29) is 60.9 Å². The van der Waals surface area contributed by atoms with Crippen molar-refractivity contribution < 1.29 is 22.4 Å². The van der Waals surface area contributed by atoms with Gasteiger partial charge < -0.3 is 10.2 Å². The van der Waals surface area contributed by atoms with Gasteiger partial charge in [0, 0.05) is 37.0 Å². The molecule has 42 heavy (non-hydrogen) atoms. The molecule has 0 fully saturated rings. The van der Waals surface area contributed by atoms with Gasteiger partial charge in [0.15, 0.2) is 0 Å². The minimum Gasteiger partial charge on any atom is -0.352 e. The summed E-state index contributed by atoms with van der Waals surface area (Å²) in [6, 6.07) is 18.7. The van der Waals surface area contributed by atoms with Crippen molar-refractivity contribution in [2.45, 2.75) is 58.2 Å². The molecule has 2 atom stereocenters. The molecule has 1 N–H and O–H groups in total. The monoisotopic (exact) mass is 635 g/mol. The molecule has 0 bridgehead atoms. The molecule has 0 aliphatic heterocycles. The van der Waals surface area contributed by atoms with Crippen molar-refractivity contribution in [2.75, 3.05) is 17.1 Å². The Hall–Kier alpha value is -3.14. The van der Waals surface area contributed by atoms with Crippen LogP contribution in [0.25, 0.3) is 0 Å². The molecule has 2 unspecified atom stereocenters. The zero-order valence-corrected chi connectivity index (χ0v) is 26.2. The van der Waals surface area contributed by atoms with E-state index in [4.69, 9.17) is 23.2 Å². The molecule has 3 aromatic carbocycles. The summed E-state index contributed by atoms with van der Waals surface area (Å²) in [6.45, 7) is 3.89. The van der Waals surface area contributed by atoms with Crippen molar-refractivity contribution in [2.24, 2.45) is 0 Å². The van der Waals surface area contributed by atoms with Crippen LogP contribution in [0.1, 0.15) is 44.2 Å². The maximum Gasteiger partial charge on any atom is 0.243 e. The zero-order valence-electron chi connectivity index (χ0n) is 23.9. The topological polar surface area (TPSA) is 86.8 Å². The summed E-state index contributed by atoms with van der Waals surface area (Å²) in [4.78, 5) is 28.9. The van der Waals surface area contributed by atoms with Gasteiger partial charge in [-0.25, -0.2) is 12.8 Å². The fourth-order valence-corrected chi connectivity index (χ4v) is 5.85. The number of carbonyl (C=O) groups is 2. The third-order valence-corrected chi connectivity index (χ3v) is 8.60. The molecular weight excluding hydrogens is 600 g/mol. The van der Waals surface area contributed by atoms with Crippen LogP contribution >= 0.6 is 23.2 Å². The molecule has 0 saturated heterocycles. The molecule has 0 aliphatic rings. The van der Waals surface area contributed by atoms with Crippen LogP contribution in [-0.4, -0.2) is 50.0 Å². The number of halogens is 3. The summed E-state index contributed by atoms with van der Waals surface area (Å²) in [7, 11) is -3.75. The molecule has 11 heteroatoms. The van der Waals surface area contributed by atoms with Crippen LogP contribution in [0.15, 0.2) is 72.8 Å². The van der Waals surface area contributed by atoms with Gasteiger partial charge in [-0.2, -0.15) is 0 Å². The Kier molecular flexibility index (Phi) is 12.2. The number of sulfonamides is 1. The molecule has 0 radical (unpaired) electrons. The summed E-state index contributed by atoms with van der Waals surface area (Å²) in [5.41, 5.74) is 1.75. The minimum absolute atomic E-state index is 0.0303. The SMILES string of the molecule is CCC(C)NC(=O)C(Cc1ccccc1)N(Cc1ccc(F)cc1)C(=O)CCCN(c1cc(Cl)ccc1Cl)S(C)(=O)=O. The number of hydrogen-bond donors (Lipinski definition) is 1. The summed E-state index contributed by atoms with van der Waals surface area (Å²) < 4.78 is 40.1. The van der Waals surface area contributed by atoms with Gasteiger partial charge in [-0.1, -0.05) is 72.6 Å². The highest BCUT2D eigenvalue weighted by Crippen LogP contribution is 2.31. The summed E-state index contributed by atoms with van der Waals surface area (Å²) in [5.74, 6) is -1.05. The second kappa shape index (κ2) is 15.4. The van der Waals surface area contributed by atoms with Crippen molar-refractivity contribution in [3.8, 4) is 0 Å². The molecule has 0 spiro atoms. The molecule has 3 rings (SSSR count). The maximum absolute atomic E-state index is 13.9. The van der Waals surface area contributed by atoms with E-state index in [0.29, 0.717) is 17.0 Å². The van der Waals surface area contributed by atoms with Crippen molar-refractivity contribution in [3.05, 3.63) is 99.8 Å². The predicted octanol–water partition coefficient (Wildman–Crippen LogP) is 6.23. The van der Waals surface area contributed by atoms with Gasteiger partial charge >= 0.3 is 0 Å². The highest BCUT2D eigenvalue weighted by molar-refractivity contribution is 7.92. The molecule has 0 aliphatic carbocycles. The lowest BCUT2D eigenvalue weighted by molar-refractivity contribution is -0.141. The first-order valence-corrected chi connectivity index (χ1v) is 16.3. The Bertz CT molecular complexity index is 1460. The Morgan fingerprint density at radius 2 is 1.64 bits per heavy atom. The van der Waals surface area contributed by atoms with E-state index in [0.717, 1.165) is 16.1 Å². The molecule has 7 nitrogen and oxygen atoms in total. The Morgan fingerprint density at radius 1 is 0.976 bits per heavy atom. The van der Waals surface area contributed by atoms with E-state index in [1.54, 1.807) is 18.2 Å². The number of anilines is 1. The standard InChI is InChI=1S/C31H36Cl2FN3O4S/c1-4-22(2)35-31(39)29(19-23-9-6-5-7-10-23)36(21-24-12-15-26(34)16-13-24)30(38)11-8-18-37(42(3,40)41)28-20-25(32)14-17-27(28)33/h5-7,9-10,12-17,20,22,29H,4,8,11,18-19,21H2,1-3H3,(H,35,39). The van der Waals surface area contributed by atoms with Crippen molar-refractivity contribution in [3.63, 3.8) is 0 Å². The number of carbonyl (C=O) groups excluding carboxylic acids is 2. The number of nitrogens with one attached hydrogen (secondary N) is 1. The van der Waals surface area contributed by atoms with E-state index in [1.165, 1.54) is 29.2 Å². The van der Waals surface area contributed by atoms with Crippen molar-refractivity contribution >= 4 is 50.7 Å². The number of hydrogen-bond acceptors (Lipinski definition) is 4. The van der Waals surface area contributed by atoms with Crippen LogP contribution in [-0.2, 0) is 32.6 Å². The van der Waals surface area contributed by atoms with Crippen LogP contribution in [0.3, 0.4) is 0 Å². The minimum atomic E-state index is -3.75. The number of amides is 2. The Balaban J connectivity index is 1.90. The maximum atomic E-state index is 13.9. The Labute approximate surface area is 257 Å². The van der Waals surface area contributed by atoms with Crippen LogP contribution in [0, 0.1) is 5.82 Å². The highest BCUT2D eigenvalue weighted by atomic mass is 35.5. The van der Waals surface area contributed by atoms with E-state index in [2.05, 4.69) is 5.32 Å². The lowest BCUT2D eigenvalue weighted by Crippen LogP contribution is -2.52. The average molecular weight is 637 g/mol. The van der Waals surface area contributed by atoms with Gasteiger partial charge in [0.1, 0.15) is 11.9 Å². The smallest absolute Gasteiger partial charge is 0.243 e. The molecule has 3 aromatic rings. The van der Waals surface area contributed by atoms with Gasteiger partial charge in [-0.15, -0.1) is 0 Å². The molecule has 0 saturated carbocycles. The van der Waals surface area contributed by atoms with E-state index in [1.807, 2.05) is 44.2 Å². The summed E-state index contributed by atoms with van der Waals surface area (Å²) >= 11 is 12.4. The van der Waals surface area contributed by atoms with Crippen molar-refractivity contribution in [1.82, 2.24) is 10.2 Å². The molecule has 2 amide bonds. The fourth-order valence-electron chi connectivity index (χ4n) is 4.44. The van der Waals surface area contributed by atoms with Crippen LogP contribution in [0.2, 0.25) is 10.0 Å². The van der Waals surface area contributed by atoms with Crippen LogP contribution in [0.5, 0.6) is 0 Å². The molecular formula is C31H36Cl2FN3O4S. The highest BCUT2D eigenvalue weighted by Gasteiger charge is 2.31. The van der Waals surface area contributed by atoms with Crippen molar-refractivity contribution in [1.29, 1.82) is 0 Å². The van der Waals surface area contributed by atoms with Crippen LogP contribution in [0.4, 0.5) is 10.1 Å². The lowest BCUT2D eigenvalue weighted by Gasteiger charge is -2.32. The molecule has 0 heterocycles. The third kappa shape index (κ3) is 9.71.